The highest BCUT2D eigenvalue weighted by molar-refractivity contribution is 7.86. The molecule has 4 nitrogen and oxygen atoms in total. The molecule has 0 saturated carbocycles. The normalized spacial score (nSPS) is 14.2. The van der Waals surface area contributed by atoms with Crippen LogP contribution in [0.25, 0.3) is 33.4 Å². The van der Waals surface area contributed by atoms with E-state index in [9.17, 15) is 17.6 Å². The van der Waals surface area contributed by atoms with Gasteiger partial charge in [-0.25, -0.2) is 17.6 Å². The Hall–Kier alpha value is -6.46. The van der Waals surface area contributed by atoms with Crippen LogP contribution in [0.15, 0.2) is 170 Å². The molecule has 0 aliphatic carbocycles. The van der Waals surface area contributed by atoms with Gasteiger partial charge in [0.25, 0.3) is 0 Å². The molecule has 0 fully saturated rings. The second kappa shape index (κ2) is 13.6. The predicted octanol–water partition coefficient (Wildman–Crippen LogP) is 10.7. The number of ether oxygens (including phenoxy) is 2. The fourth-order valence-electron chi connectivity index (χ4n) is 7.83. The summed E-state index contributed by atoms with van der Waals surface area (Å²) in [5, 5.41) is 1.39. The van der Waals surface area contributed by atoms with Crippen molar-refractivity contribution in [3.05, 3.63) is 193 Å². The van der Waals surface area contributed by atoms with Gasteiger partial charge in [0, 0.05) is 10.6 Å². The van der Waals surface area contributed by atoms with Gasteiger partial charge in [-0.15, -0.1) is 0 Å². The molecule has 10 heteroatoms. The van der Waals surface area contributed by atoms with E-state index < -0.39 is 37.6 Å². The molecule has 0 bridgehead atoms. The maximum absolute atomic E-state index is 15.2. The third kappa shape index (κ3) is 5.83. The quantitative estimate of drug-likeness (QED) is 0.128. The molecule has 282 valence electrons. The molecular formula is C48H28F4O4P2. The summed E-state index contributed by atoms with van der Waals surface area (Å²) < 4.78 is 101. The minimum atomic E-state index is -3.77. The lowest BCUT2D eigenvalue weighted by Crippen LogP contribution is -2.31. The first-order valence-electron chi connectivity index (χ1n) is 18.3. The third-order valence-electron chi connectivity index (χ3n) is 10.6. The minimum absolute atomic E-state index is 0.153. The van der Waals surface area contributed by atoms with Crippen molar-refractivity contribution in [3.63, 3.8) is 0 Å². The zero-order valence-corrected chi connectivity index (χ0v) is 32.0. The average molecular weight is 807 g/mol. The molecule has 0 amide bonds. The molecule has 0 radical (unpaired) electrons. The standard InChI is InChI=1S/C48H28F4O4P2/c49-35-10-18-41-45(25-35)57(53,46-26-36(50)11-19-42(46)55-41)39-14-6-30(7-15-39)33-22-32(29-4-2-1-3-5-29)23-34(24-33)31-8-16-40(17-9-31)58(54)47-27-37(51)12-20-43(47)56-44-21-13-38(52)28-48(44)58/h1-28H. The van der Waals surface area contributed by atoms with Crippen LogP contribution in [-0.2, 0) is 9.13 Å². The molecule has 0 spiro atoms. The monoisotopic (exact) mass is 806 g/mol. The van der Waals surface area contributed by atoms with E-state index in [-0.39, 0.29) is 44.2 Å². The third-order valence-corrected chi connectivity index (χ3v) is 16.8. The van der Waals surface area contributed by atoms with E-state index in [0.29, 0.717) is 10.6 Å². The molecule has 0 N–H and O–H groups in total. The fraction of sp³-hybridized carbons (Fsp3) is 0. The molecule has 8 aromatic rings. The summed E-state index contributed by atoms with van der Waals surface area (Å²) in [6.07, 6.45) is 0. The van der Waals surface area contributed by atoms with Gasteiger partial charge in [0.2, 0.25) is 0 Å². The van der Waals surface area contributed by atoms with E-state index in [2.05, 4.69) is 0 Å². The van der Waals surface area contributed by atoms with Crippen molar-refractivity contribution in [1.29, 1.82) is 0 Å². The molecule has 0 unspecified atom stereocenters. The zero-order valence-electron chi connectivity index (χ0n) is 30.2. The van der Waals surface area contributed by atoms with Crippen LogP contribution in [0.1, 0.15) is 0 Å². The Labute approximate surface area is 330 Å². The van der Waals surface area contributed by atoms with Crippen molar-refractivity contribution in [2.75, 3.05) is 0 Å². The summed E-state index contributed by atoms with van der Waals surface area (Å²) >= 11 is 0. The molecule has 58 heavy (non-hydrogen) atoms. The second-order valence-electron chi connectivity index (χ2n) is 14.1. The summed E-state index contributed by atoms with van der Waals surface area (Å²) in [6, 6.07) is 45.6. The van der Waals surface area contributed by atoms with Crippen molar-refractivity contribution < 1.29 is 36.2 Å². The van der Waals surface area contributed by atoms with Crippen LogP contribution in [0, 0.1) is 23.3 Å². The molecule has 10 rings (SSSR count). The van der Waals surface area contributed by atoms with Crippen LogP contribution in [-0.4, -0.2) is 0 Å². The van der Waals surface area contributed by atoms with Gasteiger partial charge in [-0.1, -0.05) is 78.9 Å². The van der Waals surface area contributed by atoms with E-state index in [1.807, 2.05) is 72.8 Å². The van der Waals surface area contributed by atoms with Gasteiger partial charge < -0.3 is 18.6 Å². The Balaban J connectivity index is 1.07. The first-order valence-corrected chi connectivity index (χ1v) is 21.7. The number of rotatable bonds is 5. The largest absolute Gasteiger partial charge is 0.456 e. The van der Waals surface area contributed by atoms with Gasteiger partial charge in [0.1, 0.15) is 46.3 Å². The van der Waals surface area contributed by atoms with E-state index >= 15 is 9.13 Å². The Morgan fingerprint density at radius 2 is 0.603 bits per heavy atom. The lowest BCUT2D eigenvalue weighted by atomic mass is 9.93. The molecular weight excluding hydrogens is 778 g/mol. The van der Waals surface area contributed by atoms with Crippen molar-refractivity contribution in [2.24, 2.45) is 0 Å². The first kappa shape index (κ1) is 35.9. The van der Waals surface area contributed by atoms with Crippen molar-refractivity contribution in [2.45, 2.75) is 0 Å². The number of halogens is 4. The molecule has 2 aliphatic rings. The smallest absolute Gasteiger partial charge is 0.178 e. The number of hydrogen-bond donors (Lipinski definition) is 0. The van der Waals surface area contributed by atoms with Crippen LogP contribution < -0.4 is 41.3 Å². The lowest BCUT2D eigenvalue weighted by Gasteiger charge is -2.29. The zero-order chi connectivity index (χ0) is 39.8. The van der Waals surface area contributed by atoms with Crippen molar-refractivity contribution >= 4 is 46.1 Å². The van der Waals surface area contributed by atoms with Gasteiger partial charge >= 0.3 is 0 Å². The molecule has 8 aromatic carbocycles. The minimum Gasteiger partial charge on any atom is -0.456 e. The summed E-state index contributed by atoms with van der Waals surface area (Å²) in [4.78, 5) is 0. The summed E-state index contributed by atoms with van der Waals surface area (Å²) in [7, 11) is -7.54. The van der Waals surface area contributed by atoms with Crippen molar-refractivity contribution in [3.8, 4) is 56.4 Å². The maximum atomic E-state index is 15.2. The maximum Gasteiger partial charge on any atom is 0.178 e. The van der Waals surface area contributed by atoms with E-state index in [1.54, 1.807) is 24.3 Å². The molecule has 0 saturated heterocycles. The Morgan fingerprint density at radius 1 is 0.310 bits per heavy atom. The van der Waals surface area contributed by atoms with E-state index in [4.69, 9.17) is 9.47 Å². The van der Waals surface area contributed by atoms with Crippen molar-refractivity contribution in [1.82, 2.24) is 0 Å². The topological polar surface area (TPSA) is 52.6 Å². The van der Waals surface area contributed by atoms with Crippen LogP contribution >= 0.6 is 14.3 Å². The molecule has 0 aromatic heterocycles. The predicted molar refractivity (Wildman–Crippen MR) is 222 cm³/mol. The average Bonchev–Trinajstić information content (AvgIpc) is 3.25. The van der Waals surface area contributed by atoms with Crippen LogP contribution in [0.2, 0.25) is 0 Å². The van der Waals surface area contributed by atoms with Crippen LogP contribution in [0.5, 0.6) is 23.0 Å². The molecule has 2 heterocycles. The highest BCUT2D eigenvalue weighted by Crippen LogP contribution is 2.53. The Kier molecular flexibility index (Phi) is 8.42. The number of benzene rings is 8. The Morgan fingerprint density at radius 3 is 0.914 bits per heavy atom. The summed E-state index contributed by atoms with van der Waals surface area (Å²) in [5.74, 6) is -1.38. The van der Waals surface area contributed by atoms with Gasteiger partial charge in [0.15, 0.2) is 14.3 Å². The Bertz CT molecular complexity index is 2760. The van der Waals surface area contributed by atoms with Gasteiger partial charge in [0.05, 0.1) is 21.2 Å². The highest BCUT2D eigenvalue weighted by Gasteiger charge is 2.41. The van der Waals surface area contributed by atoms with Crippen LogP contribution in [0.3, 0.4) is 0 Å². The summed E-state index contributed by atoms with van der Waals surface area (Å²) in [6.45, 7) is 0. The summed E-state index contributed by atoms with van der Waals surface area (Å²) in [5.41, 5.74) is 5.14. The van der Waals surface area contributed by atoms with E-state index in [1.165, 1.54) is 72.8 Å². The first-order chi connectivity index (χ1) is 28.1. The van der Waals surface area contributed by atoms with Gasteiger partial charge in [-0.05, 0) is 124 Å². The number of hydrogen-bond acceptors (Lipinski definition) is 4. The van der Waals surface area contributed by atoms with E-state index in [0.717, 1.165) is 33.4 Å². The second-order valence-corrected chi connectivity index (χ2v) is 19.5. The fourth-order valence-corrected chi connectivity index (χ4v) is 13.5. The van der Waals surface area contributed by atoms with Gasteiger partial charge in [-0.3, -0.25) is 0 Å². The molecule has 0 atom stereocenters. The number of fused-ring (bicyclic) bond motifs is 4. The highest BCUT2D eigenvalue weighted by atomic mass is 31.2. The van der Waals surface area contributed by atoms with Gasteiger partial charge in [-0.2, -0.15) is 0 Å². The lowest BCUT2D eigenvalue weighted by molar-refractivity contribution is 0.481. The molecule has 2 aliphatic heterocycles. The van der Waals surface area contributed by atoms with Crippen LogP contribution in [0.4, 0.5) is 17.6 Å². The SMILES string of the molecule is O=P1(c2ccc(-c3cc(-c4ccccc4)cc(-c4ccc(P5(=O)c6cc(F)ccc6Oc6ccc(F)cc65)cc4)c3)cc2)c2cc(F)ccc2Oc2ccc(F)cc21.